The van der Waals surface area contributed by atoms with E-state index in [2.05, 4.69) is 0 Å². The van der Waals surface area contributed by atoms with E-state index in [9.17, 15) is 13.5 Å². The van der Waals surface area contributed by atoms with E-state index >= 15 is 0 Å². The van der Waals surface area contributed by atoms with Gasteiger partial charge in [0.2, 0.25) is 0 Å². The van der Waals surface area contributed by atoms with Crippen LogP contribution in [0.1, 0.15) is 32.1 Å². The van der Waals surface area contributed by atoms with Gasteiger partial charge in [0.1, 0.15) is 9.84 Å². The molecule has 1 atom stereocenters. The molecule has 1 aromatic rings. The number of aryl methyl sites for hydroxylation is 1. The second-order valence-electron chi connectivity index (χ2n) is 3.89. The quantitative estimate of drug-likeness (QED) is 0.823. The Hall–Kier alpha value is -0.810. The lowest BCUT2D eigenvalue weighted by Gasteiger charge is -2.10. The molecule has 0 radical (unpaired) electrons. The zero-order valence-electron chi connectivity index (χ0n) is 9.76. The van der Waals surface area contributed by atoms with Crippen molar-refractivity contribution in [2.75, 3.05) is 11.5 Å². The monoisotopic (exact) mass is 245 g/mol. The molecule has 0 aromatic carbocycles. The molecule has 0 bridgehead atoms. The molecule has 1 N–H and O–H groups in total. The molecule has 4 nitrogen and oxygen atoms in total. The Morgan fingerprint density at radius 3 is 2.75 bits per heavy atom. The summed E-state index contributed by atoms with van der Waals surface area (Å²) in [5, 5.41) is 9.46. The van der Waals surface area contributed by atoms with Crippen LogP contribution in [-0.4, -0.2) is 29.6 Å². The third kappa shape index (κ3) is 3.64. The fraction of sp³-hybridized carbons (Fsp3) is 0.636. The molecule has 0 aliphatic heterocycles. The third-order valence-electron chi connectivity index (χ3n) is 2.59. The molecule has 0 amide bonds. The predicted molar refractivity (Wildman–Crippen MR) is 64.0 cm³/mol. The molecular formula is C11H19NO3S. The fourth-order valence-corrected chi connectivity index (χ4v) is 2.47. The van der Waals surface area contributed by atoms with Gasteiger partial charge in [0.25, 0.3) is 0 Å². The van der Waals surface area contributed by atoms with Gasteiger partial charge in [0, 0.05) is 24.2 Å². The molecule has 0 fully saturated rings. The second kappa shape index (κ2) is 5.50. The molecule has 0 aliphatic rings. The average Bonchev–Trinajstić information content (AvgIpc) is 2.66. The first-order valence-corrected chi connectivity index (χ1v) is 7.32. The largest absolute Gasteiger partial charge is 0.387 e. The molecular weight excluding hydrogens is 226 g/mol. The van der Waals surface area contributed by atoms with Gasteiger partial charge in [-0.25, -0.2) is 8.42 Å². The van der Waals surface area contributed by atoms with E-state index in [1.807, 2.05) is 22.9 Å². The van der Waals surface area contributed by atoms with Crippen LogP contribution in [0.25, 0.3) is 0 Å². The summed E-state index contributed by atoms with van der Waals surface area (Å²) in [6.07, 6.45) is 1.93. The van der Waals surface area contributed by atoms with Gasteiger partial charge in [-0.3, -0.25) is 0 Å². The summed E-state index contributed by atoms with van der Waals surface area (Å²) in [6, 6.07) is 3.70. The molecule has 92 valence electrons. The van der Waals surface area contributed by atoms with Gasteiger partial charge in [-0.15, -0.1) is 0 Å². The highest BCUT2D eigenvalue weighted by Gasteiger charge is 2.09. The number of sulfone groups is 1. The van der Waals surface area contributed by atoms with Gasteiger partial charge in [0.15, 0.2) is 0 Å². The van der Waals surface area contributed by atoms with E-state index in [0.29, 0.717) is 13.0 Å². The fourth-order valence-electron chi connectivity index (χ4n) is 1.61. The Bertz CT molecular complexity index is 420. The standard InChI is InChI=1S/C11H19NO3S/c1-3-16(14,15)9-5-8-12-7-4-6-11(12)10(2)13/h4,6-7,10,13H,3,5,8-9H2,1-2H3. The molecule has 0 aliphatic carbocycles. The maximum absolute atomic E-state index is 11.3. The van der Waals surface area contributed by atoms with Crippen LogP contribution in [-0.2, 0) is 16.4 Å². The molecule has 1 rings (SSSR count). The minimum Gasteiger partial charge on any atom is -0.387 e. The van der Waals surface area contributed by atoms with Crippen LogP contribution in [0, 0.1) is 0 Å². The lowest BCUT2D eigenvalue weighted by molar-refractivity contribution is 0.189. The van der Waals surface area contributed by atoms with E-state index < -0.39 is 15.9 Å². The first kappa shape index (κ1) is 13.3. The van der Waals surface area contributed by atoms with Crippen molar-refractivity contribution in [3.05, 3.63) is 24.0 Å². The molecule has 16 heavy (non-hydrogen) atoms. The Kier molecular flexibility index (Phi) is 4.56. The highest BCUT2D eigenvalue weighted by Crippen LogP contribution is 2.13. The number of hydrogen-bond acceptors (Lipinski definition) is 3. The number of aliphatic hydroxyl groups excluding tert-OH is 1. The summed E-state index contributed by atoms with van der Waals surface area (Å²) in [5.41, 5.74) is 0.828. The summed E-state index contributed by atoms with van der Waals surface area (Å²) in [5.74, 6) is 0.406. The van der Waals surface area contributed by atoms with E-state index in [-0.39, 0.29) is 11.5 Å². The third-order valence-corrected chi connectivity index (χ3v) is 4.38. The lowest BCUT2D eigenvalue weighted by atomic mass is 10.3. The van der Waals surface area contributed by atoms with Gasteiger partial charge < -0.3 is 9.67 Å². The Morgan fingerprint density at radius 2 is 2.19 bits per heavy atom. The van der Waals surface area contributed by atoms with E-state index in [1.54, 1.807) is 13.8 Å². The Labute approximate surface area is 96.8 Å². The SMILES string of the molecule is CCS(=O)(=O)CCCn1cccc1C(C)O. The van der Waals surface area contributed by atoms with Crippen molar-refractivity contribution in [3.8, 4) is 0 Å². The smallest absolute Gasteiger partial charge is 0.150 e. The van der Waals surface area contributed by atoms with Crippen molar-refractivity contribution < 1.29 is 13.5 Å². The van der Waals surface area contributed by atoms with Gasteiger partial charge in [-0.05, 0) is 25.5 Å². The summed E-state index contributed by atoms with van der Waals surface area (Å²) in [7, 11) is -2.88. The molecule has 1 heterocycles. The zero-order chi connectivity index (χ0) is 12.2. The number of nitrogens with zero attached hydrogens (tertiary/aromatic N) is 1. The van der Waals surface area contributed by atoms with Crippen molar-refractivity contribution in [1.82, 2.24) is 4.57 Å². The zero-order valence-corrected chi connectivity index (χ0v) is 10.6. The van der Waals surface area contributed by atoms with E-state index in [1.165, 1.54) is 0 Å². The molecule has 1 unspecified atom stereocenters. The highest BCUT2D eigenvalue weighted by molar-refractivity contribution is 7.91. The van der Waals surface area contributed by atoms with Gasteiger partial charge in [0.05, 0.1) is 11.9 Å². The number of rotatable bonds is 6. The van der Waals surface area contributed by atoms with Crippen molar-refractivity contribution >= 4 is 9.84 Å². The van der Waals surface area contributed by atoms with Crippen LogP contribution in [0.3, 0.4) is 0 Å². The molecule has 0 saturated heterocycles. The van der Waals surface area contributed by atoms with Crippen molar-refractivity contribution in [2.24, 2.45) is 0 Å². The molecule has 0 saturated carbocycles. The van der Waals surface area contributed by atoms with Crippen LogP contribution >= 0.6 is 0 Å². The number of aliphatic hydroxyl groups is 1. The Morgan fingerprint density at radius 1 is 1.50 bits per heavy atom. The number of hydrogen-bond donors (Lipinski definition) is 1. The molecule has 5 heteroatoms. The van der Waals surface area contributed by atoms with Gasteiger partial charge >= 0.3 is 0 Å². The first-order valence-electron chi connectivity index (χ1n) is 5.50. The summed E-state index contributed by atoms with van der Waals surface area (Å²) < 4.78 is 24.5. The van der Waals surface area contributed by atoms with Gasteiger partial charge in [-0.2, -0.15) is 0 Å². The van der Waals surface area contributed by atoms with Crippen LogP contribution in [0.5, 0.6) is 0 Å². The topological polar surface area (TPSA) is 59.3 Å². The van der Waals surface area contributed by atoms with Crippen LogP contribution < -0.4 is 0 Å². The summed E-state index contributed by atoms with van der Waals surface area (Å²) in [4.78, 5) is 0. The first-order chi connectivity index (χ1) is 7.46. The second-order valence-corrected chi connectivity index (χ2v) is 6.37. The maximum atomic E-state index is 11.3. The van der Waals surface area contributed by atoms with Crippen LogP contribution in [0.4, 0.5) is 0 Å². The highest BCUT2D eigenvalue weighted by atomic mass is 32.2. The molecule has 1 aromatic heterocycles. The Balaban J connectivity index is 2.52. The maximum Gasteiger partial charge on any atom is 0.150 e. The predicted octanol–water partition coefficient (Wildman–Crippen LogP) is 1.37. The molecule has 0 spiro atoms. The normalized spacial score (nSPS) is 13.9. The minimum atomic E-state index is -2.88. The number of aromatic nitrogens is 1. The average molecular weight is 245 g/mol. The van der Waals surface area contributed by atoms with Gasteiger partial charge in [-0.1, -0.05) is 6.92 Å². The van der Waals surface area contributed by atoms with E-state index in [4.69, 9.17) is 0 Å². The summed E-state index contributed by atoms with van der Waals surface area (Å²) >= 11 is 0. The van der Waals surface area contributed by atoms with E-state index in [0.717, 1.165) is 5.69 Å². The van der Waals surface area contributed by atoms with Crippen molar-refractivity contribution in [2.45, 2.75) is 32.9 Å². The summed E-state index contributed by atoms with van der Waals surface area (Å²) in [6.45, 7) is 3.99. The minimum absolute atomic E-state index is 0.196. The lowest BCUT2D eigenvalue weighted by Crippen LogP contribution is -2.12. The van der Waals surface area contributed by atoms with Crippen LogP contribution in [0.2, 0.25) is 0 Å². The van der Waals surface area contributed by atoms with Crippen molar-refractivity contribution in [3.63, 3.8) is 0 Å². The van der Waals surface area contributed by atoms with Crippen molar-refractivity contribution in [1.29, 1.82) is 0 Å². The van der Waals surface area contributed by atoms with Crippen LogP contribution in [0.15, 0.2) is 18.3 Å².